The average Bonchev–Trinajstić information content (AvgIpc) is 2.73. The summed E-state index contributed by atoms with van der Waals surface area (Å²) < 4.78 is 5.43. The Bertz CT molecular complexity index is 950. The van der Waals surface area contributed by atoms with Gasteiger partial charge in [0, 0.05) is 32.9 Å². The standard InChI is InChI=1S/C22H27N3O4/c1-4-24(3)22(28)20-18-10-11-25(14-16(18)13-23-21(20)27)19(26)12-15-6-8-17(9-7-15)29-5-2/h6-9,13H,4-5,10-12,14H2,1-3H3,(H,23,27). The second kappa shape index (κ2) is 8.94. The third-order valence-electron chi connectivity index (χ3n) is 5.26. The van der Waals surface area contributed by atoms with E-state index < -0.39 is 0 Å². The maximum atomic E-state index is 12.8. The monoisotopic (exact) mass is 397 g/mol. The number of amides is 2. The van der Waals surface area contributed by atoms with Gasteiger partial charge in [0.05, 0.1) is 13.0 Å². The van der Waals surface area contributed by atoms with Crippen LogP contribution < -0.4 is 10.3 Å². The minimum atomic E-state index is -0.372. The van der Waals surface area contributed by atoms with Crippen molar-refractivity contribution in [2.45, 2.75) is 33.2 Å². The number of nitrogens with one attached hydrogen (secondary N) is 1. The van der Waals surface area contributed by atoms with Crippen molar-refractivity contribution in [1.29, 1.82) is 0 Å². The molecule has 1 N–H and O–H groups in total. The van der Waals surface area contributed by atoms with Crippen LogP contribution in [0.4, 0.5) is 0 Å². The van der Waals surface area contributed by atoms with Crippen molar-refractivity contribution < 1.29 is 14.3 Å². The summed E-state index contributed by atoms with van der Waals surface area (Å²) in [7, 11) is 1.68. The lowest BCUT2D eigenvalue weighted by atomic mass is 9.95. The predicted molar refractivity (Wildman–Crippen MR) is 110 cm³/mol. The van der Waals surface area contributed by atoms with Crippen LogP contribution in [0, 0.1) is 0 Å². The van der Waals surface area contributed by atoms with Crippen molar-refractivity contribution in [2.24, 2.45) is 0 Å². The molecule has 3 rings (SSSR count). The fourth-order valence-electron chi connectivity index (χ4n) is 3.50. The van der Waals surface area contributed by atoms with Gasteiger partial charge < -0.3 is 19.5 Å². The maximum absolute atomic E-state index is 12.8. The fraction of sp³-hybridized carbons (Fsp3) is 0.409. The minimum Gasteiger partial charge on any atom is -0.494 e. The fourth-order valence-corrected chi connectivity index (χ4v) is 3.50. The van der Waals surface area contributed by atoms with Crippen molar-refractivity contribution >= 4 is 11.8 Å². The number of benzene rings is 1. The zero-order valence-corrected chi connectivity index (χ0v) is 17.2. The maximum Gasteiger partial charge on any atom is 0.261 e. The van der Waals surface area contributed by atoms with Crippen LogP contribution in [0.25, 0.3) is 0 Å². The topological polar surface area (TPSA) is 82.7 Å². The number of fused-ring (bicyclic) bond motifs is 1. The van der Waals surface area contributed by atoms with Gasteiger partial charge in [0.15, 0.2) is 0 Å². The number of carbonyl (C=O) groups excluding carboxylic acids is 2. The highest BCUT2D eigenvalue weighted by Crippen LogP contribution is 2.22. The molecule has 2 aromatic rings. The van der Waals surface area contributed by atoms with E-state index in [-0.39, 0.29) is 22.9 Å². The van der Waals surface area contributed by atoms with Crippen molar-refractivity contribution in [2.75, 3.05) is 26.7 Å². The van der Waals surface area contributed by atoms with Crippen LogP contribution in [0.1, 0.15) is 40.9 Å². The van der Waals surface area contributed by atoms with E-state index in [1.165, 1.54) is 4.90 Å². The lowest BCUT2D eigenvalue weighted by Crippen LogP contribution is -2.40. The number of hydrogen-bond donors (Lipinski definition) is 1. The molecule has 1 aliphatic rings. The highest BCUT2D eigenvalue weighted by molar-refractivity contribution is 5.95. The van der Waals surface area contributed by atoms with Gasteiger partial charge in [-0.2, -0.15) is 0 Å². The van der Waals surface area contributed by atoms with Crippen LogP contribution in [0.2, 0.25) is 0 Å². The lowest BCUT2D eigenvalue weighted by Gasteiger charge is -2.30. The van der Waals surface area contributed by atoms with Crippen LogP contribution in [0.5, 0.6) is 5.75 Å². The Kier molecular flexibility index (Phi) is 6.36. The molecule has 0 aliphatic carbocycles. The van der Waals surface area contributed by atoms with Crippen LogP contribution >= 0.6 is 0 Å². The third-order valence-corrected chi connectivity index (χ3v) is 5.26. The molecule has 0 bridgehead atoms. The summed E-state index contributed by atoms with van der Waals surface area (Å²) in [6, 6.07) is 7.53. The van der Waals surface area contributed by atoms with Crippen molar-refractivity contribution in [3.63, 3.8) is 0 Å². The number of carbonyl (C=O) groups is 2. The molecule has 0 radical (unpaired) electrons. The van der Waals surface area contributed by atoms with Crippen LogP contribution in [0.3, 0.4) is 0 Å². The van der Waals surface area contributed by atoms with E-state index >= 15 is 0 Å². The van der Waals surface area contributed by atoms with E-state index in [0.29, 0.717) is 39.1 Å². The summed E-state index contributed by atoms with van der Waals surface area (Å²) in [6.07, 6.45) is 2.42. The molecule has 2 heterocycles. The van der Waals surface area contributed by atoms with E-state index in [1.54, 1.807) is 18.1 Å². The van der Waals surface area contributed by atoms with E-state index in [2.05, 4.69) is 4.98 Å². The van der Waals surface area contributed by atoms with Crippen LogP contribution in [-0.4, -0.2) is 53.3 Å². The largest absolute Gasteiger partial charge is 0.494 e. The summed E-state index contributed by atoms with van der Waals surface area (Å²) in [5.41, 5.74) is 2.33. The van der Waals surface area contributed by atoms with Gasteiger partial charge in [0.25, 0.3) is 11.5 Å². The van der Waals surface area contributed by atoms with Gasteiger partial charge in [-0.15, -0.1) is 0 Å². The number of hydrogen-bond acceptors (Lipinski definition) is 4. The Hall–Kier alpha value is -3.09. The molecule has 29 heavy (non-hydrogen) atoms. The Balaban J connectivity index is 1.74. The first-order chi connectivity index (χ1) is 13.9. The summed E-state index contributed by atoms with van der Waals surface area (Å²) in [5.74, 6) is 0.526. The number of aromatic amines is 1. The molecule has 1 aromatic carbocycles. The number of rotatable bonds is 6. The number of nitrogens with zero attached hydrogens (tertiary/aromatic N) is 2. The Morgan fingerprint density at radius 1 is 1.21 bits per heavy atom. The van der Waals surface area contributed by atoms with Gasteiger partial charge in [-0.05, 0) is 49.1 Å². The normalized spacial score (nSPS) is 13.0. The first-order valence-electron chi connectivity index (χ1n) is 9.93. The molecule has 0 fully saturated rings. The van der Waals surface area contributed by atoms with Gasteiger partial charge in [0.1, 0.15) is 11.3 Å². The van der Waals surface area contributed by atoms with Gasteiger partial charge >= 0.3 is 0 Å². The van der Waals surface area contributed by atoms with E-state index in [9.17, 15) is 14.4 Å². The summed E-state index contributed by atoms with van der Waals surface area (Å²) in [5, 5.41) is 0. The Morgan fingerprint density at radius 2 is 1.93 bits per heavy atom. The lowest BCUT2D eigenvalue weighted by molar-refractivity contribution is -0.131. The Morgan fingerprint density at radius 3 is 2.59 bits per heavy atom. The van der Waals surface area contributed by atoms with Gasteiger partial charge in [0.2, 0.25) is 5.91 Å². The number of ether oxygens (including phenoxy) is 1. The van der Waals surface area contributed by atoms with Gasteiger partial charge in [-0.3, -0.25) is 14.4 Å². The third kappa shape index (κ3) is 4.50. The molecular formula is C22H27N3O4. The molecule has 154 valence electrons. The first-order valence-corrected chi connectivity index (χ1v) is 9.93. The quantitative estimate of drug-likeness (QED) is 0.808. The molecule has 0 atom stereocenters. The highest BCUT2D eigenvalue weighted by atomic mass is 16.5. The van der Waals surface area contributed by atoms with E-state index in [0.717, 1.165) is 22.4 Å². The molecule has 0 saturated heterocycles. The zero-order valence-electron chi connectivity index (χ0n) is 17.2. The highest BCUT2D eigenvalue weighted by Gasteiger charge is 2.27. The predicted octanol–water partition coefficient (Wildman–Crippen LogP) is 1.99. The SMILES string of the molecule is CCOc1ccc(CC(=O)N2CCc3c(c[nH]c(=O)c3C(=O)N(C)CC)C2)cc1. The molecular weight excluding hydrogens is 370 g/mol. The van der Waals surface area contributed by atoms with E-state index in [4.69, 9.17) is 4.74 Å². The molecule has 0 unspecified atom stereocenters. The Labute approximate surface area is 170 Å². The number of pyridine rings is 1. The van der Waals surface area contributed by atoms with Crippen LogP contribution in [0.15, 0.2) is 35.3 Å². The molecule has 0 saturated carbocycles. The molecule has 1 aliphatic heterocycles. The summed E-state index contributed by atoms with van der Waals surface area (Å²) >= 11 is 0. The molecule has 0 spiro atoms. The molecule has 7 heteroatoms. The minimum absolute atomic E-state index is 0.0181. The molecule has 2 amide bonds. The van der Waals surface area contributed by atoms with Gasteiger partial charge in [-0.25, -0.2) is 0 Å². The molecule has 7 nitrogen and oxygen atoms in total. The van der Waals surface area contributed by atoms with Crippen molar-refractivity contribution in [1.82, 2.24) is 14.8 Å². The second-order valence-electron chi connectivity index (χ2n) is 7.13. The number of H-pyrrole nitrogens is 1. The van der Waals surface area contributed by atoms with Crippen molar-refractivity contribution in [3.8, 4) is 5.75 Å². The number of aromatic nitrogens is 1. The first kappa shape index (κ1) is 20.6. The van der Waals surface area contributed by atoms with E-state index in [1.807, 2.05) is 38.1 Å². The molecule has 1 aromatic heterocycles. The van der Waals surface area contributed by atoms with Crippen LogP contribution in [-0.2, 0) is 24.2 Å². The summed E-state index contributed by atoms with van der Waals surface area (Å²) in [6.45, 7) is 5.79. The van der Waals surface area contributed by atoms with Gasteiger partial charge in [-0.1, -0.05) is 12.1 Å². The average molecular weight is 397 g/mol. The summed E-state index contributed by atoms with van der Waals surface area (Å²) in [4.78, 5) is 43.6. The zero-order chi connectivity index (χ0) is 21.0. The smallest absolute Gasteiger partial charge is 0.261 e. The van der Waals surface area contributed by atoms with Crippen molar-refractivity contribution in [3.05, 3.63) is 63.1 Å². The second-order valence-corrected chi connectivity index (χ2v) is 7.13.